The Morgan fingerprint density at radius 1 is 1.29 bits per heavy atom. The number of nitrogen functional groups attached to an aromatic ring is 1. The van der Waals surface area contributed by atoms with Crippen molar-refractivity contribution in [2.75, 3.05) is 30.3 Å². The Balaban J connectivity index is 2.14. The molecular formula is C16H28N4O. The molecule has 0 saturated carbocycles. The number of rotatable bonds is 3. The van der Waals surface area contributed by atoms with E-state index in [1.54, 1.807) is 6.33 Å². The van der Waals surface area contributed by atoms with Crippen LogP contribution in [0.25, 0.3) is 0 Å². The van der Waals surface area contributed by atoms with Crippen LogP contribution in [-0.4, -0.2) is 29.7 Å². The molecule has 118 valence electrons. The fourth-order valence-electron chi connectivity index (χ4n) is 3.05. The molecule has 1 aromatic rings. The van der Waals surface area contributed by atoms with Crippen LogP contribution < -0.4 is 15.4 Å². The van der Waals surface area contributed by atoms with E-state index in [9.17, 15) is 0 Å². The normalized spacial score (nSPS) is 20.2. The molecule has 5 heteroatoms. The first-order valence-electron chi connectivity index (χ1n) is 7.91. The van der Waals surface area contributed by atoms with Crippen molar-refractivity contribution in [3.63, 3.8) is 0 Å². The standard InChI is InChI=1S/C16H28N4O/c1-5-21-15-13(17)14(18-11-19-15)20-9-6-7-12(8-10-20)16(2,3)4/h11-12H,5-10,17H2,1-4H3. The van der Waals surface area contributed by atoms with Gasteiger partial charge in [0.15, 0.2) is 5.82 Å². The molecule has 0 radical (unpaired) electrons. The van der Waals surface area contributed by atoms with Gasteiger partial charge in [-0.2, -0.15) is 4.98 Å². The van der Waals surface area contributed by atoms with E-state index in [0.29, 0.717) is 23.6 Å². The molecule has 5 nitrogen and oxygen atoms in total. The summed E-state index contributed by atoms with van der Waals surface area (Å²) in [4.78, 5) is 10.8. The van der Waals surface area contributed by atoms with Crippen LogP contribution in [0.2, 0.25) is 0 Å². The number of hydrogen-bond acceptors (Lipinski definition) is 5. The van der Waals surface area contributed by atoms with Crippen molar-refractivity contribution in [3.05, 3.63) is 6.33 Å². The minimum Gasteiger partial charge on any atom is -0.476 e. The average molecular weight is 292 g/mol. The molecule has 2 rings (SSSR count). The summed E-state index contributed by atoms with van der Waals surface area (Å²) in [6.07, 6.45) is 5.17. The predicted molar refractivity (Wildman–Crippen MR) is 86.6 cm³/mol. The van der Waals surface area contributed by atoms with Crippen LogP contribution in [-0.2, 0) is 0 Å². The second kappa shape index (κ2) is 6.50. The first-order valence-corrected chi connectivity index (χ1v) is 7.91. The number of aromatic nitrogens is 2. The lowest BCUT2D eigenvalue weighted by atomic mass is 9.77. The lowest BCUT2D eigenvalue weighted by Gasteiger charge is -2.30. The monoisotopic (exact) mass is 292 g/mol. The van der Waals surface area contributed by atoms with Crippen molar-refractivity contribution in [1.82, 2.24) is 9.97 Å². The molecule has 0 aliphatic carbocycles. The predicted octanol–water partition coefficient (Wildman–Crippen LogP) is 3.11. The van der Waals surface area contributed by atoms with Crippen molar-refractivity contribution in [2.45, 2.75) is 47.0 Å². The Morgan fingerprint density at radius 3 is 2.71 bits per heavy atom. The highest BCUT2D eigenvalue weighted by molar-refractivity contribution is 5.67. The molecule has 1 fully saturated rings. The van der Waals surface area contributed by atoms with Crippen molar-refractivity contribution < 1.29 is 4.74 Å². The Bertz CT molecular complexity index is 470. The summed E-state index contributed by atoms with van der Waals surface area (Å²) in [5, 5.41) is 0. The Hall–Kier alpha value is -1.52. The summed E-state index contributed by atoms with van der Waals surface area (Å²) in [6.45, 7) is 11.5. The largest absolute Gasteiger partial charge is 0.476 e. The van der Waals surface area contributed by atoms with Crippen LogP contribution in [0.1, 0.15) is 47.0 Å². The molecule has 1 saturated heterocycles. The summed E-state index contributed by atoms with van der Waals surface area (Å²) >= 11 is 0. The van der Waals surface area contributed by atoms with Gasteiger partial charge < -0.3 is 15.4 Å². The summed E-state index contributed by atoms with van der Waals surface area (Å²) in [5.74, 6) is 2.07. The molecule has 1 aliphatic rings. The van der Waals surface area contributed by atoms with Gasteiger partial charge in [-0.25, -0.2) is 4.98 Å². The third-order valence-corrected chi connectivity index (χ3v) is 4.36. The van der Waals surface area contributed by atoms with Gasteiger partial charge >= 0.3 is 0 Å². The minimum absolute atomic E-state index is 0.365. The highest BCUT2D eigenvalue weighted by Gasteiger charge is 2.28. The van der Waals surface area contributed by atoms with E-state index in [1.807, 2.05) is 6.92 Å². The second-order valence-corrected chi connectivity index (χ2v) is 6.83. The molecular weight excluding hydrogens is 264 g/mol. The molecule has 1 aliphatic heterocycles. The van der Waals surface area contributed by atoms with Crippen molar-refractivity contribution in [2.24, 2.45) is 11.3 Å². The highest BCUT2D eigenvalue weighted by Crippen LogP contribution is 2.36. The van der Waals surface area contributed by atoms with Crippen LogP contribution in [0.15, 0.2) is 6.33 Å². The third kappa shape index (κ3) is 3.77. The molecule has 2 heterocycles. The summed E-state index contributed by atoms with van der Waals surface area (Å²) in [5.41, 5.74) is 7.11. The van der Waals surface area contributed by atoms with Crippen LogP contribution in [0, 0.1) is 11.3 Å². The maximum absolute atomic E-state index is 6.18. The Labute approximate surface area is 127 Å². The smallest absolute Gasteiger partial charge is 0.242 e. The van der Waals surface area contributed by atoms with Crippen molar-refractivity contribution in [3.8, 4) is 5.88 Å². The topological polar surface area (TPSA) is 64.3 Å². The number of nitrogens with two attached hydrogens (primary N) is 1. The first kappa shape index (κ1) is 15.9. The molecule has 0 spiro atoms. The third-order valence-electron chi connectivity index (χ3n) is 4.36. The van der Waals surface area contributed by atoms with Gasteiger partial charge in [-0.1, -0.05) is 20.8 Å². The van der Waals surface area contributed by atoms with Crippen LogP contribution in [0.5, 0.6) is 5.88 Å². The van der Waals surface area contributed by atoms with Gasteiger partial charge in [0.25, 0.3) is 0 Å². The van der Waals surface area contributed by atoms with Crippen molar-refractivity contribution >= 4 is 11.5 Å². The summed E-state index contributed by atoms with van der Waals surface area (Å²) in [6, 6.07) is 0. The molecule has 2 N–H and O–H groups in total. The van der Waals surface area contributed by atoms with Gasteiger partial charge in [0.1, 0.15) is 12.0 Å². The zero-order valence-corrected chi connectivity index (χ0v) is 13.7. The van der Waals surface area contributed by atoms with Crippen LogP contribution in [0.4, 0.5) is 11.5 Å². The van der Waals surface area contributed by atoms with E-state index in [4.69, 9.17) is 10.5 Å². The van der Waals surface area contributed by atoms with Gasteiger partial charge in [-0.05, 0) is 37.5 Å². The number of hydrogen-bond donors (Lipinski definition) is 1. The molecule has 0 bridgehead atoms. The molecule has 1 unspecified atom stereocenters. The average Bonchev–Trinajstić information content (AvgIpc) is 2.67. The molecule has 0 amide bonds. The zero-order valence-electron chi connectivity index (χ0n) is 13.7. The van der Waals surface area contributed by atoms with E-state index in [0.717, 1.165) is 24.8 Å². The fourth-order valence-corrected chi connectivity index (χ4v) is 3.05. The maximum atomic E-state index is 6.18. The Morgan fingerprint density at radius 2 is 2.05 bits per heavy atom. The van der Waals surface area contributed by atoms with Gasteiger partial charge in [0.2, 0.25) is 5.88 Å². The first-order chi connectivity index (χ1) is 9.93. The van der Waals surface area contributed by atoms with Crippen LogP contribution in [0.3, 0.4) is 0 Å². The van der Waals surface area contributed by atoms with E-state index >= 15 is 0 Å². The minimum atomic E-state index is 0.365. The van der Waals surface area contributed by atoms with E-state index in [1.165, 1.54) is 19.3 Å². The van der Waals surface area contributed by atoms with E-state index in [-0.39, 0.29) is 0 Å². The van der Waals surface area contributed by atoms with E-state index < -0.39 is 0 Å². The molecule has 1 aromatic heterocycles. The van der Waals surface area contributed by atoms with Crippen LogP contribution >= 0.6 is 0 Å². The zero-order chi connectivity index (χ0) is 15.5. The maximum Gasteiger partial charge on any atom is 0.242 e. The van der Waals surface area contributed by atoms with Gasteiger partial charge in [-0.3, -0.25) is 0 Å². The van der Waals surface area contributed by atoms with Gasteiger partial charge in [0, 0.05) is 13.1 Å². The number of nitrogens with zero attached hydrogens (tertiary/aromatic N) is 3. The van der Waals surface area contributed by atoms with Gasteiger partial charge in [0.05, 0.1) is 6.61 Å². The Kier molecular flexibility index (Phi) is 4.91. The van der Waals surface area contributed by atoms with E-state index in [2.05, 4.69) is 35.6 Å². The molecule has 1 atom stereocenters. The molecule has 21 heavy (non-hydrogen) atoms. The number of ether oxygens (including phenoxy) is 1. The SMILES string of the molecule is CCOc1ncnc(N2CCCC(C(C)(C)C)CC2)c1N. The summed E-state index contributed by atoms with van der Waals surface area (Å²) < 4.78 is 5.47. The fraction of sp³-hybridized carbons (Fsp3) is 0.750. The number of anilines is 2. The summed E-state index contributed by atoms with van der Waals surface area (Å²) in [7, 11) is 0. The van der Waals surface area contributed by atoms with Gasteiger partial charge in [-0.15, -0.1) is 0 Å². The molecule has 0 aromatic carbocycles. The second-order valence-electron chi connectivity index (χ2n) is 6.83. The van der Waals surface area contributed by atoms with Crippen molar-refractivity contribution in [1.29, 1.82) is 0 Å². The lowest BCUT2D eigenvalue weighted by molar-refractivity contribution is 0.220. The quantitative estimate of drug-likeness (QED) is 0.927. The highest BCUT2D eigenvalue weighted by atomic mass is 16.5. The lowest BCUT2D eigenvalue weighted by Crippen LogP contribution is -2.27.